The minimum Gasteiger partial charge on any atom is -0.205 e. The van der Waals surface area contributed by atoms with Crippen LogP contribution in [-0.4, -0.2) is 0 Å². The van der Waals surface area contributed by atoms with Gasteiger partial charge >= 0.3 is 0 Å². The first kappa shape index (κ1) is 9.44. The van der Waals surface area contributed by atoms with E-state index >= 15 is 0 Å². The molecule has 0 fully saturated rings. The van der Waals surface area contributed by atoms with Crippen molar-refractivity contribution in [1.29, 1.82) is 0 Å². The second-order valence-corrected chi connectivity index (χ2v) is 2.26. The van der Waals surface area contributed by atoms with Crippen LogP contribution in [0.3, 0.4) is 0 Å². The van der Waals surface area contributed by atoms with Crippen molar-refractivity contribution in [1.82, 2.24) is 0 Å². The van der Waals surface area contributed by atoms with Gasteiger partial charge in [-0.05, 0) is 12.0 Å². The fraction of sp³-hybridized carbons (Fsp3) is 0.250. The average Bonchev–Trinajstić information content (AvgIpc) is 1.90. The van der Waals surface area contributed by atoms with Crippen molar-refractivity contribution in [2.75, 3.05) is 0 Å². The van der Waals surface area contributed by atoms with Crippen LogP contribution in [0.1, 0.15) is 13.3 Å². The summed E-state index contributed by atoms with van der Waals surface area (Å²) in [4.78, 5) is 0. The molecule has 0 bridgehead atoms. The molecule has 0 aromatic rings. The molecule has 0 rings (SSSR count). The highest BCUT2D eigenvalue weighted by molar-refractivity contribution is 6.31. The van der Waals surface area contributed by atoms with Gasteiger partial charge in [-0.15, -0.1) is 0 Å². The Bertz CT molecular complexity index is 180. The van der Waals surface area contributed by atoms with Gasteiger partial charge in [0.25, 0.3) is 0 Å². The fourth-order valence-corrected chi connectivity index (χ4v) is 0.685. The molecule has 10 heavy (non-hydrogen) atoms. The number of hydrogen-bond donors (Lipinski definition) is 0. The van der Waals surface area contributed by atoms with Gasteiger partial charge in [-0.25, -0.2) is 4.39 Å². The van der Waals surface area contributed by atoms with Crippen molar-refractivity contribution in [3.8, 4) is 0 Å². The molecule has 0 heterocycles. The van der Waals surface area contributed by atoms with Crippen LogP contribution in [0.15, 0.2) is 35.7 Å². The SMILES string of the molecule is C=C/C(CC)=C(/F)C(=C)Cl. The second-order valence-electron chi connectivity index (χ2n) is 1.80. The molecule has 2 heteroatoms. The van der Waals surface area contributed by atoms with Crippen LogP contribution in [0.25, 0.3) is 0 Å². The lowest BCUT2D eigenvalue weighted by atomic mass is 10.2. The van der Waals surface area contributed by atoms with Crippen molar-refractivity contribution in [3.63, 3.8) is 0 Å². The van der Waals surface area contributed by atoms with Gasteiger partial charge in [0.1, 0.15) is 5.83 Å². The predicted molar refractivity (Wildman–Crippen MR) is 43.6 cm³/mol. The molecule has 0 amide bonds. The molecule has 56 valence electrons. The summed E-state index contributed by atoms with van der Waals surface area (Å²) in [7, 11) is 0. The highest BCUT2D eigenvalue weighted by Gasteiger charge is 2.02. The van der Waals surface area contributed by atoms with Gasteiger partial charge in [-0.1, -0.05) is 37.8 Å². The van der Waals surface area contributed by atoms with E-state index in [1.165, 1.54) is 6.08 Å². The van der Waals surface area contributed by atoms with E-state index in [9.17, 15) is 4.39 Å². The fourth-order valence-electron chi connectivity index (χ4n) is 0.563. The highest BCUT2D eigenvalue weighted by atomic mass is 35.5. The molecule has 0 spiro atoms. The Labute approximate surface area is 65.7 Å². The van der Waals surface area contributed by atoms with Crippen LogP contribution in [-0.2, 0) is 0 Å². The van der Waals surface area contributed by atoms with E-state index in [0.29, 0.717) is 12.0 Å². The molecule has 0 nitrogen and oxygen atoms in total. The van der Waals surface area contributed by atoms with Crippen LogP contribution in [0.2, 0.25) is 0 Å². The molecule has 0 aliphatic carbocycles. The maximum Gasteiger partial charge on any atom is 0.144 e. The monoisotopic (exact) mass is 160 g/mol. The van der Waals surface area contributed by atoms with Crippen LogP contribution < -0.4 is 0 Å². The van der Waals surface area contributed by atoms with E-state index in [4.69, 9.17) is 11.6 Å². The predicted octanol–water partition coefficient (Wildman–Crippen LogP) is 3.56. The van der Waals surface area contributed by atoms with Gasteiger partial charge in [-0.2, -0.15) is 0 Å². The van der Waals surface area contributed by atoms with Crippen LogP contribution in [0.4, 0.5) is 4.39 Å². The topological polar surface area (TPSA) is 0 Å². The van der Waals surface area contributed by atoms with Crippen molar-refractivity contribution in [2.24, 2.45) is 0 Å². The lowest BCUT2D eigenvalue weighted by Gasteiger charge is -1.98. The van der Waals surface area contributed by atoms with E-state index in [1.54, 1.807) is 0 Å². The minimum atomic E-state index is -0.459. The molecule has 0 saturated heterocycles. The lowest BCUT2D eigenvalue weighted by molar-refractivity contribution is 0.649. The van der Waals surface area contributed by atoms with Crippen molar-refractivity contribution in [3.05, 3.63) is 35.7 Å². The highest BCUT2D eigenvalue weighted by Crippen LogP contribution is 2.20. The number of rotatable bonds is 3. The summed E-state index contributed by atoms with van der Waals surface area (Å²) in [6.45, 7) is 8.52. The summed E-state index contributed by atoms with van der Waals surface area (Å²) < 4.78 is 12.8. The van der Waals surface area contributed by atoms with Crippen molar-refractivity contribution < 1.29 is 4.39 Å². The zero-order valence-corrected chi connectivity index (χ0v) is 6.71. The quantitative estimate of drug-likeness (QED) is 0.554. The molecule has 0 N–H and O–H groups in total. The molecule has 0 aliphatic heterocycles. The van der Waals surface area contributed by atoms with E-state index in [-0.39, 0.29) is 5.03 Å². The van der Waals surface area contributed by atoms with E-state index in [0.717, 1.165) is 0 Å². The summed E-state index contributed by atoms with van der Waals surface area (Å²) in [6, 6.07) is 0. The van der Waals surface area contributed by atoms with Gasteiger partial charge in [-0.3, -0.25) is 0 Å². The third kappa shape index (κ3) is 2.36. The van der Waals surface area contributed by atoms with E-state index < -0.39 is 5.83 Å². The standard InChI is InChI=1S/C8H10ClF/c1-4-7(5-2)8(10)6(3)9/h4H,1,3,5H2,2H3/b8-7-. The largest absolute Gasteiger partial charge is 0.205 e. The van der Waals surface area contributed by atoms with Gasteiger partial charge in [0.05, 0.1) is 5.03 Å². The van der Waals surface area contributed by atoms with Gasteiger partial charge in [0.2, 0.25) is 0 Å². The minimum absolute atomic E-state index is 0.0586. The Morgan fingerprint density at radius 3 is 2.30 bits per heavy atom. The number of hydrogen-bond acceptors (Lipinski definition) is 0. The molecule has 0 unspecified atom stereocenters. The Hall–Kier alpha value is -0.560. The summed E-state index contributed by atoms with van der Waals surface area (Å²) >= 11 is 5.31. The molecule has 0 aromatic carbocycles. The van der Waals surface area contributed by atoms with Crippen LogP contribution in [0, 0.1) is 0 Å². The van der Waals surface area contributed by atoms with Gasteiger partial charge in [0.15, 0.2) is 0 Å². The lowest BCUT2D eigenvalue weighted by Crippen LogP contribution is -1.80. The third-order valence-corrected chi connectivity index (χ3v) is 1.31. The van der Waals surface area contributed by atoms with E-state index in [1.807, 2.05) is 6.92 Å². The van der Waals surface area contributed by atoms with Crippen molar-refractivity contribution in [2.45, 2.75) is 13.3 Å². The first-order valence-electron chi connectivity index (χ1n) is 2.99. The average molecular weight is 161 g/mol. The molecule has 0 saturated carbocycles. The van der Waals surface area contributed by atoms with Crippen molar-refractivity contribution >= 4 is 11.6 Å². The van der Waals surface area contributed by atoms with Gasteiger partial charge < -0.3 is 0 Å². The molecule has 0 atom stereocenters. The number of halogens is 2. The molecule has 0 radical (unpaired) electrons. The van der Waals surface area contributed by atoms with Gasteiger partial charge in [0, 0.05) is 0 Å². The Balaban J connectivity index is 4.59. The first-order valence-corrected chi connectivity index (χ1v) is 3.37. The summed E-state index contributed by atoms with van der Waals surface area (Å²) in [5, 5.41) is -0.0586. The summed E-state index contributed by atoms with van der Waals surface area (Å²) in [5.74, 6) is -0.459. The zero-order valence-electron chi connectivity index (χ0n) is 5.95. The molecule has 0 aliphatic rings. The number of allylic oxidation sites excluding steroid dienone is 4. The summed E-state index contributed by atoms with van der Waals surface area (Å²) in [5.41, 5.74) is 0.500. The Morgan fingerprint density at radius 1 is 1.70 bits per heavy atom. The second kappa shape index (κ2) is 4.29. The van der Waals surface area contributed by atoms with Crippen LogP contribution >= 0.6 is 11.6 Å². The maximum absolute atomic E-state index is 12.8. The Morgan fingerprint density at radius 2 is 2.20 bits per heavy atom. The first-order chi connectivity index (χ1) is 4.63. The third-order valence-electron chi connectivity index (χ3n) is 1.15. The van der Waals surface area contributed by atoms with Crippen LogP contribution in [0.5, 0.6) is 0 Å². The summed E-state index contributed by atoms with van der Waals surface area (Å²) in [6.07, 6.45) is 2.03. The van der Waals surface area contributed by atoms with E-state index in [2.05, 4.69) is 13.2 Å². The zero-order chi connectivity index (χ0) is 8.15. The Kier molecular flexibility index (Phi) is 4.05. The normalized spacial score (nSPS) is 12.3. The maximum atomic E-state index is 12.8. The molecular weight excluding hydrogens is 151 g/mol. The molecule has 0 aromatic heterocycles. The molecular formula is C8H10ClF. The smallest absolute Gasteiger partial charge is 0.144 e.